The minimum atomic E-state index is -0.575. The van der Waals surface area contributed by atoms with Crippen LogP contribution in [-0.4, -0.2) is 54.5 Å². The zero-order valence-electron chi connectivity index (χ0n) is 17.2. The van der Waals surface area contributed by atoms with E-state index in [4.69, 9.17) is 21.1 Å². The summed E-state index contributed by atoms with van der Waals surface area (Å²) in [5.41, 5.74) is 2.42. The lowest BCUT2D eigenvalue weighted by atomic mass is 9.94. The summed E-state index contributed by atoms with van der Waals surface area (Å²) in [6.07, 6.45) is 0.393. The molecule has 1 saturated heterocycles. The highest BCUT2D eigenvalue weighted by molar-refractivity contribution is 6.30. The van der Waals surface area contributed by atoms with Crippen LogP contribution in [0.25, 0.3) is 0 Å². The van der Waals surface area contributed by atoms with Crippen LogP contribution in [0.1, 0.15) is 17.5 Å². The smallest absolute Gasteiger partial charge is 0.327 e. The Morgan fingerprint density at radius 2 is 1.84 bits per heavy atom. The maximum Gasteiger partial charge on any atom is 0.327 e. The number of fused-ring (bicyclic) bond motifs is 2. The van der Waals surface area contributed by atoms with E-state index in [-0.39, 0.29) is 30.8 Å². The molecule has 162 valence electrons. The number of halogens is 1. The molecule has 0 aromatic heterocycles. The summed E-state index contributed by atoms with van der Waals surface area (Å²) in [4.78, 5) is 40.8. The zero-order valence-corrected chi connectivity index (χ0v) is 17.9. The molecule has 2 aromatic carbocycles. The van der Waals surface area contributed by atoms with Gasteiger partial charge in [-0.2, -0.15) is 0 Å². The van der Waals surface area contributed by atoms with Gasteiger partial charge in [0, 0.05) is 36.6 Å². The molecule has 8 nitrogen and oxygen atoms in total. The predicted molar refractivity (Wildman–Crippen MR) is 114 cm³/mol. The Morgan fingerprint density at radius 3 is 2.52 bits per heavy atom. The lowest BCUT2D eigenvalue weighted by Crippen LogP contribution is -2.40. The normalized spacial score (nSPS) is 17.3. The lowest BCUT2D eigenvalue weighted by Gasteiger charge is -2.29. The molecule has 0 radical (unpaired) electrons. The van der Waals surface area contributed by atoms with E-state index in [0.29, 0.717) is 35.2 Å². The molecule has 1 unspecified atom stereocenters. The highest BCUT2D eigenvalue weighted by Crippen LogP contribution is 2.37. The Hall–Kier alpha value is -3.26. The summed E-state index contributed by atoms with van der Waals surface area (Å²) in [5, 5.41) is 3.23. The number of amides is 4. The number of methoxy groups -OCH3 is 2. The summed E-state index contributed by atoms with van der Waals surface area (Å²) >= 11 is 5.92. The number of hydrogen-bond donors (Lipinski definition) is 1. The second kappa shape index (κ2) is 8.47. The number of ether oxygens (including phenoxy) is 2. The van der Waals surface area contributed by atoms with Crippen molar-refractivity contribution in [2.45, 2.75) is 25.4 Å². The van der Waals surface area contributed by atoms with E-state index in [1.807, 2.05) is 12.1 Å². The SMILES string of the molecule is COc1cc2c(cc1OC)CN1C(=O)N(CCC(=O)Nc3cccc(Cl)c3)C(=O)C1C2. The monoisotopic (exact) mass is 443 g/mol. The fourth-order valence-corrected chi connectivity index (χ4v) is 4.16. The first-order valence-corrected chi connectivity index (χ1v) is 10.2. The van der Waals surface area contributed by atoms with Crippen molar-refractivity contribution in [3.63, 3.8) is 0 Å². The third-order valence-electron chi connectivity index (χ3n) is 5.53. The van der Waals surface area contributed by atoms with Crippen LogP contribution in [0.3, 0.4) is 0 Å². The molecule has 2 aliphatic heterocycles. The van der Waals surface area contributed by atoms with E-state index >= 15 is 0 Å². The average molecular weight is 444 g/mol. The van der Waals surface area contributed by atoms with Crippen molar-refractivity contribution < 1.29 is 23.9 Å². The first kappa shape index (κ1) is 21.0. The Bertz CT molecular complexity index is 1010. The third-order valence-corrected chi connectivity index (χ3v) is 5.77. The van der Waals surface area contributed by atoms with Crippen LogP contribution in [0.5, 0.6) is 11.5 Å². The van der Waals surface area contributed by atoms with E-state index in [1.165, 1.54) is 0 Å². The van der Waals surface area contributed by atoms with Crippen LogP contribution in [0.2, 0.25) is 5.02 Å². The van der Waals surface area contributed by atoms with E-state index in [9.17, 15) is 14.4 Å². The molecule has 2 heterocycles. The minimum Gasteiger partial charge on any atom is -0.493 e. The number of hydrogen-bond acceptors (Lipinski definition) is 5. The minimum absolute atomic E-state index is 0.000846. The van der Waals surface area contributed by atoms with Crippen molar-refractivity contribution in [1.82, 2.24) is 9.80 Å². The summed E-state index contributed by atoms with van der Waals surface area (Å²) in [6.45, 7) is 0.316. The number of anilines is 1. The number of nitrogens with one attached hydrogen (secondary N) is 1. The Balaban J connectivity index is 1.44. The van der Waals surface area contributed by atoms with Crippen molar-refractivity contribution >= 4 is 35.1 Å². The van der Waals surface area contributed by atoms with Gasteiger partial charge in [-0.15, -0.1) is 0 Å². The van der Waals surface area contributed by atoms with Gasteiger partial charge >= 0.3 is 6.03 Å². The molecule has 0 spiro atoms. The van der Waals surface area contributed by atoms with Crippen molar-refractivity contribution in [3.05, 3.63) is 52.5 Å². The van der Waals surface area contributed by atoms with Gasteiger partial charge in [0.15, 0.2) is 11.5 Å². The average Bonchev–Trinajstić information content (AvgIpc) is 2.98. The molecule has 2 aliphatic rings. The third kappa shape index (κ3) is 4.03. The molecule has 4 amide bonds. The number of nitrogens with zero attached hydrogens (tertiary/aromatic N) is 2. The van der Waals surface area contributed by atoms with Crippen LogP contribution in [0.4, 0.5) is 10.5 Å². The zero-order chi connectivity index (χ0) is 22.1. The molecule has 1 fully saturated rings. The van der Waals surface area contributed by atoms with E-state index in [2.05, 4.69) is 5.32 Å². The van der Waals surface area contributed by atoms with Gasteiger partial charge in [-0.05, 0) is 41.5 Å². The molecule has 2 aromatic rings. The molecular formula is C22H22ClN3O5. The number of benzene rings is 2. The van der Waals surface area contributed by atoms with Crippen LogP contribution >= 0.6 is 11.6 Å². The number of rotatable bonds is 6. The lowest BCUT2D eigenvalue weighted by molar-refractivity contribution is -0.128. The second-order valence-electron chi connectivity index (χ2n) is 7.40. The van der Waals surface area contributed by atoms with Gasteiger partial charge in [-0.1, -0.05) is 17.7 Å². The molecule has 0 saturated carbocycles. The number of carbonyl (C=O) groups excluding carboxylic acids is 3. The number of imide groups is 1. The van der Waals surface area contributed by atoms with Crippen molar-refractivity contribution in [1.29, 1.82) is 0 Å². The topological polar surface area (TPSA) is 88.2 Å². The van der Waals surface area contributed by atoms with E-state index < -0.39 is 6.04 Å². The molecule has 31 heavy (non-hydrogen) atoms. The van der Waals surface area contributed by atoms with Crippen LogP contribution in [0, 0.1) is 0 Å². The van der Waals surface area contributed by atoms with Gasteiger partial charge < -0.3 is 19.7 Å². The van der Waals surface area contributed by atoms with E-state index in [1.54, 1.807) is 43.4 Å². The van der Waals surface area contributed by atoms with Crippen LogP contribution in [0.15, 0.2) is 36.4 Å². The first-order chi connectivity index (χ1) is 14.9. The molecule has 1 N–H and O–H groups in total. The summed E-state index contributed by atoms with van der Waals surface area (Å²) in [7, 11) is 3.11. The predicted octanol–water partition coefficient (Wildman–Crippen LogP) is 3.07. The highest BCUT2D eigenvalue weighted by Gasteiger charge is 2.47. The van der Waals surface area contributed by atoms with Gasteiger partial charge in [0.25, 0.3) is 5.91 Å². The van der Waals surface area contributed by atoms with E-state index in [0.717, 1.165) is 16.0 Å². The highest BCUT2D eigenvalue weighted by atomic mass is 35.5. The molecular weight excluding hydrogens is 422 g/mol. The number of carbonyl (C=O) groups is 3. The molecule has 0 aliphatic carbocycles. The molecule has 9 heteroatoms. The van der Waals surface area contributed by atoms with Gasteiger partial charge in [0.1, 0.15) is 6.04 Å². The quantitative estimate of drug-likeness (QED) is 0.693. The van der Waals surface area contributed by atoms with Gasteiger partial charge in [0.2, 0.25) is 5.91 Å². The summed E-state index contributed by atoms with van der Waals surface area (Å²) in [6, 6.07) is 9.51. The van der Waals surface area contributed by atoms with Gasteiger partial charge in [0.05, 0.1) is 14.2 Å². The van der Waals surface area contributed by atoms with Crippen LogP contribution in [-0.2, 0) is 22.6 Å². The Labute approximate surface area is 184 Å². The second-order valence-corrected chi connectivity index (χ2v) is 7.84. The van der Waals surface area contributed by atoms with Crippen molar-refractivity contribution in [3.8, 4) is 11.5 Å². The molecule has 4 rings (SSSR count). The largest absolute Gasteiger partial charge is 0.493 e. The number of urea groups is 1. The summed E-state index contributed by atoms with van der Waals surface area (Å²) < 4.78 is 10.7. The van der Waals surface area contributed by atoms with Gasteiger partial charge in [-0.3, -0.25) is 14.5 Å². The molecule has 0 bridgehead atoms. The van der Waals surface area contributed by atoms with Crippen LogP contribution < -0.4 is 14.8 Å². The van der Waals surface area contributed by atoms with Crippen molar-refractivity contribution in [2.24, 2.45) is 0 Å². The Kier molecular flexibility index (Phi) is 5.73. The maximum atomic E-state index is 12.9. The fraction of sp³-hybridized carbons (Fsp3) is 0.318. The first-order valence-electron chi connectivity index (χ1n) is 9.82. The maximum absolute atomic E-state index is 12.9. The van der Waals surface area contributed by atoms with Crippen molar-refractivity contribution in [2.75, 3.05) is 26.1 Å². The summed E-state index contributed by atoms with van der Waals surface area (Å²) in [5.74, 6) is 0.569. The van der Waals surface area contributed by atoms with Gasteiger partial charge in [-0.25, -0.2) is 4.79 Å². The standard InChI is InChI=1S/C22H22ClN3O5/c1-30-18-9-13-8-17-21(28)25(22(29)26(17)12-14(13)10-19(18)31-2)7-6-20(27)24-16-5-3-4-15(23)11-16/h3-5,9-11,17H,6-8,12H2,1-2H3,(H,24,27). The Morgan fingerprint density at radius 1 is 1.13 bits per heavy atom. The fourth-order valence-electron chi connectivity index (χ4n) is 3.97. The molecule has 1 atom stereocenters.